The molecule has 1 N–H and O–H groups in total. The number of carbonyl (C=O) groups is 2. The van der Waals surface area contributed by atoms with E-state index in [-0.39, 0.29) is 18.4 Å². The molecule has 0 saturated carbocycles. The molecule has 0 saturated heterocycles. The average molecular weight is 433 g/mol. The van der Waals surface area contributed by atoms with Gasteiger partial charge in [-0.1, -0.05) is 46.3 Å². The van der Waals surface area contributed by atoms with E-state index in [1.165, 1.54) is 0 Å². The Morgan fingerprint density at radius 1 is 1.11 bits per heavy atom. The number of hydrogen-bond acceptors (Lipinski definition) is 3. The first-order valence-electron chi connectivity index (χ1n) is 9.00. The highest BCUT2D eigenvalue weighted by molar-refractivity contribution is 9.10. The minimum Gasteiger partial charge on any atom is -0.484 e. The van der Waals surface area contributed by atoms with E-state index in [1.54, 1.807) is 24.0 Å². The number of nitrogens with one attached hydrogen (secondary N) is 1. The molecule has 2 aromatic carbocycles. The highest BCUT2D eigenvalue weighted by Gasteiger charge is 2.25. The minimum atomic E-state index is -0.560. The summed E-state index contributed by atoms with van der Waals surface area (Å²) in [6, 6.07) is 16.6. The lowest BCUT2D eigenvalue weighted by atomic mass is 10.1. The van der Waals surface area contributed by atoms with Crippen LogP contribution in [0, 0.1) is 0 Å². The van der Waals surface area contributed by atoms with Crippen molar-refractivity contribution in [2.24, 2.45) is 0 Å². The predicted octanol–water partition coefficient (Wildman–Crippen LogP) is 3.42. The van der Waals surface area contributed by atoms with Crippen LogP contribution in [0.15, 0.2) is 59.1 Å². The molecule has 0 unspecified atom stereocenters. The number of likely N-dealkylation sites (N-methyl/N-ethyl adjacent to an activating group) is 1. The van der Waals surface area contributed by atoms with Gasteiger partial charge in [0.25, 0.3) is 5.91 Å². The zero-order chi connectivity index (χ0) is 19.6. The Hall–Kier alpha value is -2.34. The van der Waals surface area contributed by atoms with Crippen molar-refractivity contribution < 1.29 is 14.3 Å². The molecule has 2 aromatic rings. The molecule has 27 heavy (non-hydrogen) atoms. The SMILES string of the molecule is CCNC(=O)[C@H](C)N(CCc1ccccc1)C(=O)COc1ccc(Br)cc1. The van der Waals surface area contributed by atoms with Gasteiger partial charge in [0.2, 0.25) is 5.91 Å². The number of carbonyl (C=O) groups excluding carboxylic acids is 2. The Bertz CT molecular complexity index is 735. The van der Waals surface area contributed by atoms with Crippen molar-refractivity contribution >= 4 is 27.7 Å². The summed E-state index contributed by atoms with van der Waals surface area (Å²) < 4.78 is 6.54. The van der Waals surface area contributed by atoms with Gasteiger partial charge in [-0.25, -0.2) is 0 Å². The Morgan fingerprint density at radius 3 is 2.41 bits per heavy atom. The van der Waals surface area contributed by atoms with E-state index < -0.39 is 6.04 Å². The minimum absolute atomic E-state index is 0.111. The standard InChI is InChI=1S/C21H25BrN2O3/c1-3-23-21(26)16(2)24(14-13-17-7-5-4-6-8-17)20(25)15-27-19-11-9-18(22)10-12-19/h4-12,16H,3,13-15H2,1-2H3,(H,23,26)/t16-/m0/s1. The summed E-state index contributed by atoms with van der Waals surface area (Å²) in [6.45, 7) is 4.47. The number of hydrogen-bond donors (Lipinski definition) is 1. The molecule has 0 fully saturated rings. The fourth-order valence-corrected chi connectivity index (χ4v) is 2.92. The number of amides is 2. The molecular weight excluding hydrogens is 408 g/mol. The van der Waals surface area contributed by atoms with Crippen LogP contribution in [0.2, 0.25) is 0 Å². The maximum absolute atomic E-state index is 12.8. The highest BCUT2D eigenvalue weighted by Crippen LogP contribution is 2.16. The van der Waals surface area contributed by atoms with Crippen LogP contribution in [-0.4, -0.2) is 42.5 Å². The molecule has 5 nitrogen and oxygen atoms in total. The molecule has 0 aromatic heterocycles. The quantitative estimate of drug-likeness (QED) is 0.660. The number of halogens is 1. The van der Waals surface area contributed by atoms with Gasteiger partial charge < -0.3 is 15.0 Å². The molecule has 144 valence electrons. The van der Waals surface area contributed by atoms with Crippen LogP contribution >= 0.6 is 15.9 Å². The molecule has 0 aliphatic heterocycles. The van der Waals surface area contributed by atoms with E-state index in [9.17, 15) is 9.59 Å². The second-order valence-electron chi connectivity index (χ2n) is 6.14. The molecule has 2 rings (SSSR count). The van der Waals surface area contributed by atoms with Crippen molar-refractivity contribution in [2.75, 3.05) is 19.7 Å². The van der Waals surface area contributed by atoms with E-state index in [4.69, 9.17) is 4.74 Å². The van der Waals surface area contributed by atoms with Gasteiger partial charge in [0.1, 0.15) is 11.8 Å². The molecule has 6 heteroatoms. The van der Waals surface area contributed by atoms with Gasteiger partial charge in [0, 0.05) is 17.6 Å². The summed E-state index contributed by atoms with van der Waals surface area (Å²) in [5, 5.41) is 2.78. The molecular formula is C21H25BrN2O3. The van der Waals surface area contributed by atoms with Gasteiger partial charge in [-0.15, -0.1) is 0 Å². The zero-order valence-electron chi connectivity index (χ0n) is 15.7. The lowest BCUT2D eigenvalue weighted by Crippen LogP contribution is -2.50. The lowest BCUT2D eigenvalue weighted by molar-refractivity contribution is -0.141. The molecule has 2 amide bonds. The number of benzene rings is 2. The predicted molar refractivity (Wildman–Crippen MR) is 110 cm³/mol. The van der Waals surface area contributed by atoms with E-state index in [2.05, 4.69) is 21.2 Å². The van der Waals surface area contributed by atoms with Crippen LogP contribution in [-0.2, 0) is 16.0 Å². The maximum atomic E-state index is 12.8. The van der Waals surface area contributed by atoms with Gasteiger partial charge in [-0.05, 0) is 50.1 Å². The molecule has 0 heterocycles. The summed E-state index contributed by atoms with van der Waals surface area (Å²) in [5.74, 6) is 0.232. The topological polar surface area (TPSA) is 58.6 Å². The third-order valence-corrected chi connectivity index (χ3v) is 4.71. The normalized spacial score (nSPS) is 11.5. The molecule has 0 aliphatic carbocycles. The first-order chi connectivity index (χ1) is 13.0. The Balaban J connectivity index is 2.03. The summed E-state index contributed by atoms with van der Waals surface area (Å²) in [6.07, 6.45) is 0.675. The van der Waals surface area contributed by atoms with Crippen molar-refractivity contribution in [1.29, 1.82) is 0 Å². The number of nitrogens with zero attached hydrogens (tertiary/aromatic N) is 1. The largest absolute Gasteiger partial charge is 0.484 e. The van der Waals surface area contributed by atoms with E-state index in [1.807, 2.05) is 49.4 Å². The number of ether oxygens (including phenoxy) is 1. The highest BCUT2D eigenvalue weighted by atomic mass is 79.9. The van der Waals surface area contributed by atoms with Crippen molar-refractivity contribution in [3.8, 4) is 5.75 Å². The maximum Gasteiger partial charge on any atom is 0.261 e. The third-order valence-electron chi connectivity index (χ3n) is 4.18. The third kappa shape index (κ3) is 6.71. The summed E-state index contributed by atoms with van der Waals surface area (Å²) in [4.78, 5) is 26.6. The molecule has 0 bridgehead atoms. The van der Waals surface area contributed by atoms with Crippen LogP contribution in [0.3, 0.4) is 0 Å². The molecule has 0 aliphatic rings. The fourth-order valence-electron chi connectivity index (χ4n) is 2.65. The first kappa shape index (κ1) is 21.0. The smallest absolute Gasteiger partial charge is 0.261 e. The monoisotopic (exact) mass is 432 g/mol. The van der Waals surface area contributed by atoms with E-state index in [0.717, 1.165) is 10.0 Å². The van der Waals surface area contributed by atoms with Crippen molar-refractivity contribution in [2.45, 2.75) is 26.3 Å². The van der Waals surface area contributed by atoms with Crippen LogP contribution < -0.4 is 10.1 Å². The van der Waals surface area contributed by atoms with Crippen LogP contribution in [0.4, 0.5) is 0 Å². The first-order valence-corrected chi connectivity index (χ1v) is 9.80. The molecule has 0 radical (unpaired) electrons. The van der Waals surface area contributed by atoms with Crippen LogP contribution in [0.5, 0.6) is 5.75 Å². The summed E-state index contributed by atoms with van der Waals surface area (Å²) in [7, 11) is 0. The van der Waals surface area contributed by atoms with Crippen LogP contribution in [0.25, 0.3) is 0 Å². The molecule has 0 spiro atoms. The Labute approximate surface area is 168 Å². The van der Waals surface area contributed by atoms with Crippen molar-refractivity contribution in [3.05, 3.63) is 64.6 Å². The van der Waals surface area contributed by atoms with Gasteiger partial charge >= 0.3 is 0 Å². The number of rotatable bonds is 9. The lowest BCUT2D eigenvalue weighted by Gasteiger charge is -2.28. The van der Waals surface area contributed by atoms with Gasteiger partial charge in [0.15, 0.2) is 6.61 Å². The van der Waals surface area contributed by atoms with Crippen LogP contribution in [0.1, 0.15) is 19.4 Å². The Kier molecular flexibility index (Phi) is 8.33. The summed E-state index contributed by atoms with van der Waals surface area (Å²) in [5.41, 5.74) is 1.12. The Morgan fingerprint density at radius 2 is 1.78 bits per heavy atom. The van der Waals surface area contributed by atoms with Crippen molar-refractivity contribution in [3.63, 3.8) is 0 Å². The zero-order valence-corrected chi connectivity index (χ0v) is 17.2. The fraction of sp³-hybridized carbons (Fsp3) is 0.333. The van der Waals surface area contributed by atoms with Gasteiger partial charge in [0.05, 0.1) is 0 Å². The molecule has 1 atom stereocenters. The van der Waals surface area contributed by atoms with Gasteiger partial charge in [-0.2, -0.15) is 0 Å². The summed E-state index contributed by atoms with van der Waals surface area (Å²) >= 11 is 3.37. The second-order valence-corrected chi connectivity index (χ2v) is 7.05. The van der Waals surface area contributed by atoms with E-state index in [0.29, 0.717) is 25.3 Å². The van der Waals surface area contributed by atoms with Gasteiger partial charge in [-0.3, -0.25) is 9.59 Å². The van der Waals surface area contributed by atoms with Crippen molar-refractivity contribution in [1.82, 2.24) is 10.2 Å². The second kappa shape index (κ2) is 10.7. The van der Waals surface area contributed by atoms with E-state index >= 15 is 0 Å². The average Bonchev–Trinajstić information content (AvgIpc) is 2.68.